The maximum absolute atomic E-state index is 10.9. The van der Waals surface area contributed by atoms with Crippen molar-refractivity contribution in [1.29, 1.82) is 0 Å². The summed E-state index contributed by atoms with van der Waals surface area (Å²) in [5.74, 6) is 0. The van der Waals surface area contributed by atoms with Gasteiger partial charge in [-0.2, -0.15) is 0 Å². The van der Waals surface area contributed by atoms with Crippen LogP contribution in [0.4, 0.5) is 0 Å². The minimum Gasteiger partial charge on any atom is -0.744 e. The molecule has 0 N–H and O–H groups in total. The second-order valence-corrected chi connectivity index (χ2v) is 4.65. The van der Waals surface area contributed by atoms with E-state index in [9.17, 15) is 13.0 Å². The van der Waals surface area contributed by atoms with Crippen molar-refractivity contribution < 1.29 is 64.4 Å². The first-order chi connectivity index (χ1) is 7.00. The first kappa shape index (κ1) is 14.5. The average Bonchev–Trinajstić information content (AvgIpc) is 2.16. The van der Waals surface area contributed by atoms with Crippen molar-refractivity contribution in [2.75, 3.05) is 0 Å². The fourth-order valence-electron chi connectivity index (χ4n) is 1.32. The molecule has 2 aromatic rings. The van der Waals surface area contributed by atoms with Crippen molar-refractivity contribution in [3.05, 3.63) is 35.5 Å². The first-order valence-corrected chi connectivity index (χ1v) is 5.78. The molecule has 1 aromatic heterocycles. The molecule has 0 saturated heterocycles. The van der Waals surface area contributed by atoms with Crippen LogP contribution >= 0.6 is 11.6 Å². The minimum atomic E-state index is -4.52. The van der Waals surface area contributed by atoms with Crippen LogP contribution in [-0.2, 0) is 10.1 Å². The van der Waals surface area contributed by atoms with E-state index in [-0.39, 0.29) is 61.8 Å². The number of aromatic nitrogens is 1. The molecular weight excluding hydrogens is 277 g/mol. The Morgan fingerprint density at radius 1 is 1.25 bits per heavy atom. The van der Waals surface area contributed by atoms with Crippen LogP contribution in [0, 0.1) is 0 Å². The summed E-state index contributed by atoms with van der Waals surface area (Å²) in [6.45, 7) is 0. The Kier molecular flexibility index (Phi) is 4.91. The summed E-state index contributed by atoms with van der Waals surface area (Å²) < 4.78 is 32.8. The quantitative estimate of drug-likeness (QED) is 0.486. The van der Waals surface area contributed by atoms with Gasteiger partial charge in [0.25, 0.3) is 0 Å². The van der Waals surface area contributed by atoms with Crippen LogP contribution in [0.25, 0.3) is 10.9 Å². The zero-order valence-corrected chi connectivity index (χ0v) is 13.0. The van der Waals surface area contributed by atoms with Crippen LogP contribution in [0.2, 0.25) is 5.02 Å². The van der Waals surface area contributed by atoms with E-state index in [0.29, 0.717) is 10.4 Å². The van der Waals surface area contributed by atoms with Gasteiger partial charge in [0, 0.05) is 11.6 Å². The topological polar surface area (TPSA) is 70.1 Å². The molecule has 7 heteroatoms. The molecule has 2 rings (SSSR count). The van der Waals surface area contributed by atoms with Gasteiger partial charge in [-0.15, -0.1) is 0 Å². The monoisotopic (exact) mass is 281 g/mol. The fraction of sp³-hybridized carbons (Fsp3) is 0. The van der Waals surface area contributed by atoms with Gasteiger partial charge in [0.05, 0.1) is 15.4 Å². The Bertz CT molecular complexity index is 630. The Morgan fingerprint density at radius 2 is 1.94 bits per heavy atom. The van der Waals surface area contributed by atoms with Crippen LogP contribution < -0.4 is 51.4 Å². The smallest absolute Gasteiger partial charge is 0.744 e. The van der Waals surface area contributed by atoms with E-state index in [1.807, 2.05) is 0 Å². The maximum Gasteiger partial charge on any atom is 1.00 e. The Balaban J connectivity index is 0.00000128. The van der Waals surface area contributed by atoms with Crippen molar-refractivity contribution in [3.8, 4) is 0 Å². The number of hydrogen-bond donors (Lipinski definition) is 0. The van der Waals surface area contributed by atoms with Crippen LogP contribution in [-0.4, -0.2) is 18.0 Å². The number of benzene rings is 1. The molecule has 0 atom stereocenters. The predicted octanol–water partition coefficient (Wildman–Crippen LogP) is -1.20. The minimum absolute atomic E-state index is 0. The molecule has 0 aliphatic carbocycles. The van der Waals surface area contributed by atoms with Crippen molar-refractivity contribution in [3.63, 3.8) is 0 Å². The summed E-state index contributed by atoms with van der Waals surface area (Å²) in [5.41, 5.74) is 0.111. The third-order valence-electron chi connectivity index (χ3n) is 1.95. The Labute approximate surface area is 140 Å². The molecule has 0 aliphatic rings. The Morgan fingerprint density at radius 3 is 2.56 bits per heavy atom. The second-order valence-electron chi connectivity index (χ2n) is 2.90. The summed E-state index contributed by atoms with van der Waals surface area (Å²) in [5, 5.41) is 0.821. The number of rotatable bonds is 1. The van der Waals surface area contributed by atoms with Crippen LogP contribution in [0.5, 0.6) is 0 Å². The van der Waals surface area contributed by atoms with E-state index in [4.69, 9.17) is 11.6 Å². The first-order valence-electron chi connectivity index (χ1n) is 3.99. The van der Waals surface area contributed by atoms with Gasteiger partial charge in [-0.1, -0.05) is 23.7 Å². The second kappa shape index (κ2) is 5.41. The summed E-state index contributed by atoms with van der Waals surface area (Å²) in [7, 11) is -4.52. The summed E-state index contributed by atoms with van der Waals surface area (Å²) >= 11 is 5.84. The maximum atomic E-state index is 10.9. The van der Waals surface area contributed by atoms with Crippen LogP contribution in [0.1, 0.15) is 0 Å². The van der Waals surface area contributed by atoms with E-state index in [1.165, 1.54) is 24.4 Å². The van der Waals surface area contributed by atoms with Gasteiger partial charge < -0.3 is 4.55 Å². The molecule has 0 saturated carbocycles. The summed E-state index contributed by atoms with van der Waals surface area (Å²) in [4.78, 5) is 3.50. The summed E-state index contributed by atoms with van der Waals surface area (Å²) in [6, 6.07) is 5.82. The number of halogens is 1. The van der Waals surface area contributed by atoms with Crippen molar-refractivity contribution in [2.24, 2.45) is 0 Å². The number of nitrogens with zero attached hydrogens (tertiary/aromatic N) is 1. The van der Waals surface area contributed by atoms with Crippen molar-refractivity contribution in [1.82, 2.24) is 4.98 Å². The largest absolute Gasteiger partial charge is 1.00 e. The molecular formula is C9H5ClKNO3S. The SMILES string of the molecule is O=S(=O)([O-])c1cccc2c(Cl)ccnc12.[K+]. The molecule has 0 spiro atoms. The third-order valence-corrected chi connectivity index (χ3v) is 3.15. The van der Waals surface area contributed by atoms with Crippen LogP contribution in [0.15, 0.2) is 35.4 Å². The van der Waals surface area contributed by atoms with E-state index in [1.54, 1.807) is 6.07 Å². The van der Waals surface area contributed by atoms with Gasteiger partial charge in [-0.05, 0) is 12.1 Å². The zero-order valence-electron chi connectivity index (χ0n) is 8.34. The molecule has 78 valence electrons. The number of para-hydroxylation sites is 1. The molecule has 1 aromatic carbocycles. The third kappa shape index (κ3) is 2.83. The molecule has 4 nitrogen and oxygen atoms in total. The van der Waals surface area contributed by atoms with Gasteiger partial charge >= 0.3 is 51.4 Å². The van der Waals surface area contributed by atoms with E-state index in [0.717, 1.165) is 0 Å². The Hall–Kier alpha value is 0.466. The molecule has 1 heterocycles. The predicted molar refractivity (Wildman–Crippen MR) is 54.7 cm³/mol. The molecule has 0 radical (unpaired) electrons. The molecule has 0 amide bonds. The van der Waals surface area contributed by atoms with E-state index in [2.05, 4.69) is 4.98 Å². The molecule has 0 fully saturated rings. The number of pyridine rings is 1. The molecule has 16 heavy (non-hydrogen) atoms. The standard InChI is InChI=1S/C9H6ClNO3S.K/c10-7-4-5-11-9-6(7)2-1-3-8(9)15(12,13)14;/h1-5H,(H,12,13,14);/q;+1/p-1. The van der Waals surface area contributed by atoms with Gasteiger partial charge in [0.1, 0.15) is 10.1 Å². The number of fused-ring (bicyclic) bond motifs is 1. The molecule has 0 bridgehead atoms. The summed E-state index contributed by atoms with van der Waals surface area (Å²) in [6.07, 6.45) is 1.36. The average molecular weight is 282 g/mol. The molecule has 0 unspecified atom stereocenters. The van der Waals surface area contributed by atoms with Gasteiger partial charge in [-0.25, -0.2) is 8.42 Å². The van der Waals surface area contributed by atoms with E-state index < -0.39 is 10.1 Å². The van der Waals surface area contributed by atoms with Crippen molar-refractivity contribution in [2.45, 2.75) is 4.90 Å². The van der Waals surface area contributed by atoms with Gasteiger partial charge in [0.15, 0.2) is 0 Å². The number of hydrogen-bond acceptors (Lipinski definition) is 4. The normalized spacial score (nSPS) is 11.1. The molecule has 0 aliphatic heterocycles. The van der Waals surface area contributed by atoms with Gasteiger partial charge in [-0.3, -0.25) is 4.98 Å². The fourth-order valence-corrected chi connectivity index (χ4v) is 2.17. The van der Waals surface area contributed by atoms with Gasteiger partial charge in [0.2, 0.25) is 0 Å². The van der Waals surface area contributed by atoms with Crippen LogP contribution in [0.3, 0.4) is 0 Å². The zero-order chi connectivity index (χ0) is 11.1. The van der Waals surface area contributed by atoms with Crippen molar-refractivity contribution >= 4 is 32.6 Å². The van der Waals surface area contributed by atoms with E-state index >= 15 is 0 Å².